The molecule has 1 N–H and O–H groups in total. The van der Waals surface area contributed by atoms with Gasteiger partial charge in [0.2, 0.25) is 6.08 Å². The molecule has 76 valence electrons. The van der Waals surface area contributed by atoms with E-state index in [-0.39, 0.29) is 5.57 Å². The fourth-order valence-electron chi connectivity index (χ4n) is 1.05. The molecule has 0 aromatic heterocycles. The van der Waals surface area contributed by atoms with E-state index in [9.17, 15) is 9.59 Å². The van der Waals surface area contributed by atoms with Gasteiger partial charge in [-0.3, -0.25) is 0 Å². The van der Waals surface area contributed by atoms with E-state index in [0.717, 1.165) is 0 Å². The van der Waals surface area contributed by atoms with E-state index in [1.165, 1.54) is 19.1 Å². The number of benzene rings is 1. The van der Waals surface area contributed by atoms with Crippen molar-refractivity contribution < 1.29 is 14.7 Å². The molecule has 4 nitrogen and oxygen atoms in total. The largest absolute Gasteiger partial charge is 0.478 e. The Morgan fingerprint density at radius 3 is 2.87 bits per heavy atom. The third kappa shape index (κ3) is 3.21. The second kappa shape index (κ2) is 4.88. The highest BCUT2D eigenvalue weighted by Gasteiger charge is 1.99. The molecule has 0 atom stereocenters. The zero-order valence-corrected chi connectivity index (χ0v) is 8.10. The van der Waals surface area contributed by atoms with Crippen molar-refractivity contribution >= 4 is 23.8 Å². The van der Waals surface area contributed by atoms with Gasteiger partial charge < -0.3 is 5.11 Å². The molecule has 0 aliphatic carbocycles. The topological polar surface area (TPSA) is 66.7 Å². The summed E-state index contributed by atoms with van der Waals surface area (Å²) in [5, 5.41) is 8.66. The van der Waals surface area contributed by atoms with E-state index in [0.29, 0.717) is 11.3 Å². The third-order valence-electron chi connectivity index (χ3n) is 1.77. The molecule has 0 spiro atoms. The fraction of sp³-hybridized carbons (Fsp3) is 0.0909. The van der Waals surface area contributed by atoms with Crippen molar-refractivity contribution in [2.24, 2.45) is 4.99 Å². The Hall–Kier alpha value is -2.19. The van der Waals surface area contributed by atoms with Crippen molar-refractivity contribution in [2.75, 3.05) is 0 Å². The Balaban J connectivity index is 3.06. The zero-order chi connectivity index (χ0) is 11.3. The second-order valence-corrected chi connectivity index (χ2v) is 2.93. The van der Waals surface area contributed by atoms with Crippen molar-refractivity contribution in [3.63, 3.8) is 0 Å². The van der Waals surface area contributed by atoms with Crippen LogP contribution >= 0.6 is 0 Å². The summed E-state index contributed by atoms with van der Waals surface area (Å²) in [7, 11) is 0. The third-order valence-corrected chi connectivity index (χ3v) is 1.77. The van der Waals surface area contributed by atoms with Gasteiger partial charge in [0.15, 0.2) is 0 Å². The van der Waals surface area contributed by atoms with Gasteiger partial charge in [0.05, 0.1) is 5.69 Å². The van der Waals surface area contributed by atoms with Crippen LogP contribution in [0.3, 0.4) is 0 Å². The van der Waals surface area contributed by atoms with Crippen LogP contribution in [-0.2, 0) is 9.59 Å². The number of carboxylic acid groups (broad SMARTS) is 1. The number of carboxylic acids is 1. The SMILES string of the molecule is C/C(=C\c1cccc(N=C=O)c1)C(=O)O. The molecule has 0 amide bonds. The van der Waals surface area contributed by atoms with E-state index < -0.39 is 5.97 Å². The van der Waals surface area contributed by atoms with Gasteiger partial charge in [-0.15, -0.1) is 0 Å². The Morgan fingerprint density at radius 2 is 2.27 bits per heavy atom. The summed E-state index contributed by atoms with van der Waals surface area (Å²) in [4.78, 5) is 24.0. The van der Waals surface area contributed by atoms with Crippen LogP contribution < -0.4 is 0 Å². The molecular formula is C11H9NO3. The maximum atomic E-state index is 10.6. The Labute approximate surface area is 86.6 Å². The molecule has 1 rings (SSSR count). The van der Waals surface area contributed by atoms with Gasteiger partial charge in [-0.2, -0.15) is 4.99 Å². The van der Waals surface area contributed by atoms with E-state index in [2.05, 4.69) is 4.99 Å². The van der Waals surface area contributed by atoms with E-state index in [1.54, 1.807) is 24.3 Å². The normalized spacial score (nSPS) is 10.6. The zero-order valence-electron chi connectivity index (χ0n) is 8.10. The lowest BCUT2D eigenvalue weighted by Gasteiger charge is -1.96. The van der Waals surface area contributed by atoms with E-state index in [4.69, 9.17) is 5.11 Å². The quantitative estimate of drug-likeness (QED) is 0.465. The lowest BCUT2D eigenvalue weighted by molar-refractivity contribution is -0.132. The smallest absolute Gasteiger partial charge is 0.331 e. The summed E-state index contributed by atoms with van der Waals surface area (Å²) in [5.41, 5.74) is 1.37. The second-order valence-electron chi connectivity index (χ2n) is 2.93. The number of carbonyl (C=O) groups excluding carboxylic acids is 1. The number of hydrogen-bond acceptors (Lipinski definition) is 3. The molecular weight excluding hydrogens is 194 g/mol. The molecule has 1 aromatic rings. The predicted molar refractivity (Wildman–Crippen MR) is 55.5 cm³/mol. The first-order chi connectivity index (χ1) is 7.13. The Kier molecular flexibility index (Phi) is 3.55. The van der Waals surface area contributed by atoms with Crippen LogP contribution in [0, 0.1) is 0 Å². The number of aliphatic imine (C=N–C) groups is 1. The summed E-state index contributed by atoms with van der Waals surface area (Å²) >= 11 is 0. The standard InChI is InChI=1S/C11H9NO3/c1-8(11(14)15)5-9-3-2-4-10(6-9)12-7-13/h2-6H,1H3,(H,14,15)/b8-5+. The Bertz CT molecular complexity index is 457. The molecule has 0 fully saturated rings. The maximum absolute atomic E-state index is 10.6. The number of nitrogens with zero attached hydrogens (tertiary/aromatic N) is 1. The molecule has 0 unspecified atom stereocenters. The number of rotatable bonds is 3. The molecule has 0 aliphatic rings. The van der Waals surface area contributed by atoms with Gasteiger partial charge in [0, 0.05) is 5.57 Å². The van der Waals surface area contributed by atoms with Crippen molar-refractivity contribution in [1.29, 1.82) is 0 Å². The molecule has 0 radical (unpaired) electrons. The van der Waals surface area contributed by atoms with Crippen LogP contribution in [0.25, 0.3) is 6.08 Å². The lowest BCUT2D eigenvalue weighted by Crippen LogP contribution is -1.95. The summed E-state index contributed by atoms with van der Waals surface area (Å²) < 4.78 is 0. The van der Waals surface area contributed by atoms with Gasteiger partial charge in [-0.25, -0.2) is 9.59 Å². The average Bonchev–Trinajstić information content (AvgIpc) is 2.18. The van der Waals surface area contributed by atoms with E-state index >= 15 is 0 Å². The number of aliphatic carboxylic acids is 1. The molecule has 0 bridgehead atoms. The van der Waals surface area contributed by atoms with Crippen molar-refractivity contribution in [3.05, 3.63) is 35.4 Å². The molecule has 15 heavy (non-hydrogen) atoms. The fourth-order valence-corrected chi connectivity index (χ4v) is 1.05. The minimum Gasteiger partial charge on any atom is -0.478 e. The molecule has 0 saturated heterocycles. The van der Waals surface area contributed by atoms with Gasteiger partial charge in [0.1, 0.15) is 0 Å². The van der Waals surface area contributed by atoms with Crippen LogP contribution in [0.1, 0.15) is 12.5 Å². The lowest BCUT2D eigenvalue weighted by atomic mass is 10.1. The summed E-state index contributed by atoms with van der Waals surface area (Å²) in [6.45, 7) is 1.50. The molecule has 0 heterocycles. The minimum atomic E-state index is -0.973. The van der Waals surface area contributed by atoms with Gasteiger partial charge in [0.25, 0.3) is 0 Å². The van der Waals surface area contributed by atoms with Crippen LogP contribution in [-0.4, -0.2) is 17.2 Å². The minimum absolute atomic E-state index is 0.224. The number of carbonyl (C=O) groups is 1. The first-order valence-corrected chi connectivity index (χ1v) is 4.23. The highest BCUT2D eigenvalue weighted by Crippen LogP contribution is 2.15. The van der Waals surface area contributed by atoms with Gasteiger partial charge in [-0.05, 0) is 30.7 Å². The van der Waals surface area contributed by atoms with Crippen molar-refractivity contribution in [2.45, 2.75) is 6.92 Å². The van der Waals surface area contributed by atoms with Crippen molar-refractivity contribution in [1.82, 2.24) is 0 Å². The van der Waals surface area contributed by atoms with Gasteiger partial charge in [-0.1, -0.05) is 12.1 Å². The first kappa shape index (κ1) is 10.9. The molecule has 4 heteroatoms. The van der Waals surface area contributed by atoms with E-state index in [1.807, 2.05) is 0 Å². The summed E-state index contributed by atoms with van der Waals surface area (Å²) in [6, 6.07) is 6.67. The number of hydrogen-bond donors (Lipinski definition) is 1. The molecule has 0 saturated carbocycles. The maximum Gasteiger partial charge on any atom is 0.331 e. The van der Waals surface area contributed by atoms with Crippen molar-refractivity contribution in [3.8, 4) is 0 Å². The highest BCUT2D eigenvalue weighted by atomic mass is 16.4. The van der Waals surface area contributed by atoms with Crippen LogP contribution in [0.5, 0.6) is 0 Å². The average molecular weight is 203 g/mol. The van der Waals surface area contributed by atoms with Crippen LogP contribution in [0.4, 0.5) is 5.69 Å². The monoisotopic (exact) mass is 203 g/mol. The summed E-state index contributed by atoms with van der Waals surface area (Å²) in [6.07, 6.45) is 2.93. The summed E-state index contributed by atoms with van der Waals surface area (Å²) in [5.74, 6) is -0.973. The Morgan fingerprint density at radius 1 is 1.53 bits per heavy atom. The van der Waals surface area contributed by atoms with Crippen LogP contribution in [0.15, 0.2) is 34.8 Å². The molecule has 1 aromatic carbocycles. The first-order valence-electron chi connectivity index (χ1n) is 4.23. The molecule has 0 aliphatic heterocycles. The highest BCUT2D eigenvalue weighted by molar-refractivity contribution is 5.91. The van der Waals surface area contributed by atoms with Gasteiger partial charge >= 0.3 is 5.97 Å². The predicted octanol–water partition coefficient (Wildman–Crippen LogP) is 2.14. The van der Waals surface area contributed by atoms with Crippen LogP contribution in [0.2, 0.25) is 0 Å². The number of isocyanates is 1.